The van der Waals surface area contributed by atoms with Crippen LogP contribution in [0.2, 0.25) is 0 Å². The van der Waals surface area contributed by atoms with Gasteiger partial charge >= 0.3 is 0 Å². The summed E-state index contributed by atoms with van der Waals surface area (Å²) in [4.78, 5) is 92.4. The average molecular weight is 1350 g/mol. The third-order valence-corrected chi connectivity index (χ3v) is 21.4. The van der Waals surface area contributed by atoms with Gasteiger partial charge in [0, 0.05) is 75.8 Å². The van der Waals surface area contributed by atoms with Gasteiger partial charge in [-0.2, -0.15) is 0 Å². The quantitative estimate of drug-likeness (QED) is 0.0555. The fourth-order valence-corrected chi connectivity index (χ4v) is 15.4. The Bertz CT molecular complexity index is 2940. The maximum Gasteiger partial charge on any atom is 0.248 e. The van der Waals surface area contributed by atoms with E-state index in [1.807, 2.05) is 31.4 Å². The van der Waals surface area contributed by atoms with Crippen LogP contribution in [-0.4, -0.2) is 259 Å². The largest absolute Gasteiger partial charge is 0.504 e. The van der Waals surface area contributed by atoms with Gasteiger partial charge in [0.05, 0.1) is 79.7 Å². The van der Waals surface area contributed by atoms with Crippen LogP contribution in [0, 0.1) is 34.5 Å². The summed E-state index contributed by atoms with van der Waals surface area (Å²) in [5.41, 5.74) is 2.01. The molecule has 4 heterocycles. The molecule has 0 aromatic heterocycles. The molecule has 6 fully saturated rings. The third-order valence-electron chi connectivity index (χ3n) is 20.4. The Hall–Kier alpha value is -6.09. The lowest BCUT2D eigenvalue weighted by molar-refractivity contribution is -0.147. The standard InChI is InChI=1S/C66H101N11O17S/c1-36-32-77-56(57(36)86)63(90)71-31-45(81)28-47(70-30-38-10-13-40(14-11-38)58(67)95-59(68)41-15-17-44(18-16-41)75-24-21-66(94-4,22-25-75)42-8-6-5-7-9-42)60(87)72-53(37(2)80)64(91)76-33-46(82)29-48(76)61(88)73-54(51(85)26-39-12-19-49(83)52(27-39)93-3)62(89)74-55(65(77)92)50(84)20-23-69-43(34-78)35-79/h12,15-19,27,36-38,40,42-43,45-48,50-51,53-57,67-70,78-86H,5-11,13-14,20-26,28-35H2,1-4H3,(H,71,90)(H,72,87)(H,73,88)(H,74,89)/t36-,37+,38?,40?,45+,46+,47-,48-,50+,51+,53-,54-,55-,56?,57-/m0/s1. The highest BCUT2D eigenvalue weighted by Crippen LogP contribution is 2.42. The number of aliphatic hydroxyl groups excluding tert-OH is 8. The number of carbonyl (C=O) groups is 6. The van der Waals surface area contributed by atoms with Crippen molar-refractivity contribution in [3.8, 4) is 11.5 Å². The second-order valence-electron chi connectivity index (χ2n) is 26.9. The maximum atomic E-state index is 15.0. The number of nitrogens with one attached hydrogen (secondary N) is 8. The number of rotatable bonds is 20. The van der Waals surface area contributed by atoms with Crippen molar-refractivity contribution < 1.29 is 84.2 Å². The molecule has 2 saturated carbocycles. The third kappa shape index (κ3) is 18.8. The Balaban J connectivity index is 0.984. The van der Waals surface area contributed by atoms with Crippen molar-refractivity contribution >= 4 is 63.0 Å². The van der Waals surface area contributed by atoms with Crippen molar-refractivity contribution in [1.29, 1.82) is 10.8 Å². The minimum absolute atomic E-state index is 0.00683. The van der Waals surface area contributed by atoms with Gasteiger partial charge in [-0.1, -0.05) is 56.1 Å². The first-order valence-electron chi connectivity index (χ1n) is 33.6. The van der Waals surface area contributed by atoms with E-state index >= 15 is 0 Å². The Labute approximate surface area is 559 Å². The van der Waals surface area contributed by atoms with Crippen LogP contribution in [0.3, 0.4) is 0 Å². The second kappa shape index (κ2) is 34.4. The van der Waals surface area contributed by atoms with Gasteiger partial charge in [-0.15, -0.1) is 0 Å². The number of piperidine rings is 1. The maximum absolute atomic E-state index is 15.0. The minimum atomic E-state index is -2.04. The summed E-state index contributed by atoms with van der Waals surface area (Å²) < 4.78 is 11.5. The number of β-amino-alcohol motifs (C(OH)–C–C–N with tert-alkyl or cyclic N) is 1. The number of ether oxygens (including phenoxy) is 2. The number of phenolic OH excluding ortho intramolecular Hbond substituents is 1. The van der Waals surface area contributed by atoms with Crippen LogP contribution in [0.15, 0.2) is 42.5 Å². The Morgan fingerprint density at radius 2 is 1.41 bits per heavy atom. The lowest BCUT2D eigenvalue weighted by atomic mass is 9.72. The Kier molecular flexibility index (Phi) is 27.1. The zero-order valence-corrected chi connectivity index (χ0v) is 55.7. The van der Waals surface area contributed by atoms with E-state index in [0.717, 1.165) is 53.2 Å². The zero-order valence-electron chi connectivity index (χ0n) is 54.9. The smallest absolute Gasteiger partial charge is 0.248 e. The van der Waals surface area contributed by atoms with Crippen molar-refractivity contribution in [2.24, 2.45) is 23.7 Å². The molecule has 0 radical (unpaired) electrons. The summed E-state index contributed by atoms with van der Waals surface area (Å²) in [5.74, 6) is -6.93. The number of aliphatic hydroxyl groups is 8. The number of thioether (sulfide) groups is 1. The Morgan fingerprint density at radius 3 is 2.05 bits per heavy atom. The molecule has 4 aliphatic heterocycles. The highest BCUT2D eigenvalue weighted by Gasteiger charge is 2.50. The molecule has 8 rings (SSSR count). The fraction of sp³-hybridized carbons (Fsp3) is 0.697. The number of hydrogen-bond donors (Lipinski definition) is 17. The van der Waals surface area contributed by atoms with Crippen LogP contribution in [0.5, 0.6) is 11.5 Å². The van der Waals surface area contributed by atoms with E-state index in [-0.39, 0.29) is 65.6 Å². The first-order chi connectivity index (χ1) is 45.4. The van der Waals surface area contributed by atoms with E-state index in [1.165, 1.54) is 64.3 Å². The van der Waals surface area contributed by atoms with E-state index in [0.29, 0.717) is 42.2 Å². The molecule has 1 unspecified atom stereocenters. The molecule has 2 aliphatic carbocycles. The molecule has 95 heavy (non-hydrogen) atoms. The van der Waals surface area contributed by atoms with Gasteiger partial charge in [-0.05, 0) is 126 Å². The van der Waals surface area contributed by atoms with Gasteiger partial charge in [0.25, 0.3) is 0 Å². The second-order valence-corrected chi connectivity index (χ2v) is 27.9. The number of aromatic hydroxyl groups is 1. The van der Waals surface area contributed by atoms with Crippen molar-refractivity contribution in [1.82, 2.24) is 41.7 Å². The average Bonchev–Trinajstić information content (AvgIpc) is 1.77. The summed E-state index contributed by atoms with van der Waals surface area (Å²) in [7, 11) is 3.14. The molecular weight excluding hydrogens is 1250 g/mol. The van der Waals surface area contributed by atoms with Crippen LogP contribution in [0.4, 0.5) is 5.69 Å². The predicted octanol–water partition coefficient (Wildman–Crippen LogP) is -1.05. The van der Waals surface area contributed by atoms with Gasteiger partial charge in [0.1, 0.15) is 35.3 Å². The van der Waals surface area contributed by atoms with Crippen molar-refractivity contribution in [2.75, 3.05) is 78.1 Å². The topological polar surface area (TPSA) is 433 Å². The fourth-order valence-electron chi connectivity index (χ4n) is 14.5. The molecule has 2 aromatic rings. The van der Waals surface area contributed by atoms with E-state index in [4.69, 9.17) is 20.3 Å². The van der Waals surface area contributed by atoms with Gasteiger partial charge < -0.3 is 102 Å². The number of carbonyl (C=O) groups excluding carboxylic acids is 6. The van der Waals surface area contributed by atoms with Crippen LogP contribution in [0.1, 0.15) is 115 Å². The van der Waals surface area contributed by atoms with Crippen molar-refractivity contribution in [3.05, 3.63) is 53.6 Å². The number of benzene rings is 2. The number of amides is 6. The first kappa shape index (κ1) is 74.7. The molecule has 6 amide bonds. The zero-order chi connectivity index (χ0) is 68.8. The lowest BCUT2D eigenvalue weighted by Gasteiger charge is -2.47. The molecule has 0 spiro atoms. The van der Waals surface area contributed by atoms with Gasteiger partial charge in [-0.3, -0.25) is 39.6 Å². The normalized spacial score (nSPS) is 29.7. The monoisotopic (exact) mass is 1350 g/mol. The summed E-state index contributed by atoms with van der Waals surface area (Å²) in [6.07, 6.45) is -0.674. The highest BCUT2D eigenvalue weighted by atomic mass is 32.2. The molecule has 29 heteroatoms. The van der Waals surface area contributed by atoms with Gasteiger partial charge in [-0.25, -0.2) is 0 Å². The van der Waals surface area contributed by atoms with Crippen LogP contribution in [0.25, 0.3) is 0 Å². The van der Waals surface area contributed by atoms with E-state index in [2.05, 4.69) is 36.8 Å². The minimum Gasteiger partial charge on any atom is -0.504 e. The number of phenols is 1. The molecule has 13 atom stereocenters. The van der Waals surface area contributed by atoms with Crippen molar-refractivity contribution in [2.45, 2.75) is 195 Å². The van der Waals surface area contributed by atoms with E-state index in [1.54, 1.807) is 6.92 Å². The SMILES string of the molecule is COc1cc(C[C@@H](O)[C@@H]2NC(=O)[C@@H]3C[C@@H](O)CN3C(=O)[C@H]([C@@H](C)O)NC(=O)[C@@H](NCC3CCC(C(=N)SC(=N)c4ccc(N5CCC(OC)(C6CCCCC6)CC5)cc4)CC3)C[C@@H](O)CNC(=O)C3[C@@H](O)[C@@H](C)CN3C(=O)[C@H]([C@H](O)CCNC(CO)CO)NC2=O)ccc1O. The van der Waals surface area contributed by atoms with E-state index < -0.39 is 166 Å². The molecule has 0 bridgehead atoms. The molecular formula is C66H101N11O17S. The van der Waals surface area contributed by atoms with Crippen LogP contribution < -0.4 is 41.5 Å². The first-order valence-corrected chi connectivity index (χ1v) is 34.4. The molecule has 17 N–H and O–H groups in total. The molecule has 2 aromatic carbocycles. The molecule has 4 saturated heterocycles. The highest BCUT2D eigenvalue weighted by molar-refractivity contribution is 8.26. The number of fused-ring (bicyclic) bond motifs is 2. The molecule has 28 nitrogen and oxygen atoms in total. The van der Waals surface area contributed by atoms with Gasteiger partial charge in [0.2, 0.25) is 35.4 Å². The summed E-state index contributed by atoms with van der Waals surface area (Å²) in [5, 5.41) is 134. The summed E-state index contributed by atoms with van der Waals surface area (Å²) >= 11 is 1.13. The molecule has 528 valence electrons. The van der Waals surface area contributed by atoms with Crippen LogP contribution in [-0.2, 0) is 39.9 Å². The predicted molar refractivity (Wildman–Crippen MR) is 352 cm³/mol. The lowest BCUT2D eigenvalue weighted by Crippen LogP contribution is -2.64. The van der Waals surface area contributed by atoms with Crippen LogP contribution >= 0.6 is 11.8 Å². The number of anilines is 1. The number of methoxy groups -OCH3 is 2. The summed E-state index contributed by atoms with van der Waals surface area (Å²) in [6.45, 7) is 2.29. The molecule has 6 aliphatic rings. The number of nitrogens with zero attached hydrogens (tertiary/aromatic N) is 3. The van der Waals surface area contributed by atoms with Gasteiger partial charge in [0.15, 0.2) is 11.5 Å². The van der Waals surface area contributed by atoms with Crippen molar-refractivity contribution in [3.63, 3.8) is 0 Å². The Morgan fingerprint density at radius 1 is 0.758 bits per heavy atom. The summed E-state index contributed by atoms with van der Waals surface area (Å²) in [6, 6.07) is 0.743. The van der Waals surface area contributed by atoms with E-state index in [9.17, 15) is 74.7 Å². The number of hydrogen-bond acceptors (Lipinski definition) is 23.